The largest absolute Gasteiger partial charge is 0.391 e. The molecular formula is C30H35N. The first-order chi connectivity index (χ1) is 15.3. The van der Waals surface area contributed by atoms with Crippen LogP contribution in [-0.2, 0) is 0 Å². The summed E-state index contributed by atoms with van der Waals surface area (Å²) >= 11 is 0. The van der Waals surface area contributed by atoms with E-state index in [1.807, 2.05) is 0 Å². The van der Waals surface area contributed by atoms with E-state index < -0.39 is 0 Å². The van der Waals surface area contributed by atoms with Gasteiger partial charge in [-0.25, -0.2) is 0 Å². The molecule has 160 valence electrons. The molecule has 31 heavy (non-hydrogen) atoms. The minimum atomic E-state index is 0.925. The number of nitrogens with one attached hydrogen (secondary N) is 1. The fraction of sp³-hybridized carbons (Fsp3) is 0.400. The Bertz CT molecular complexity index is 999. The van der Waals surface area contributed by atoms with Gasteiger partial charge in [-0.1, -0.05) is 60.8 Å². The molecule has 0 bridgehead atoms. The van der Waals surface area contributed by atoms with Gasteiger partial charge in [0, 0.05) is 12.7 Å². The van der Waals surface area contributed by atoms with Crippen LogP contribution in [0.2, 0.25) is 0 Å². The van der Waals surface area contributed by atoms with Crippen molar-refractivity contribution in [3.8, 4) is 0 Å². The molecule has 0 spiro atoms. The van der Waals surface area contributed by atoms with Gasteiger partial charge in [0.2, 0.25) is 0 Å². The molecule has 0 aromatic heterocycles. The molecule has 0 radical (unpaired) electrons. The van der Waals surface area contributed by atoms with Gasteiger partial charge in [-0.15, -0.1) is 0 Å². The van der Waals surface area contributed by atoms with E-state index in [0.29, 0.717) is 0 Å². The average Bonchev–Trinajstić information content (AvgIpc) is 3.12. The van der Waals surface area contributed by atoms with Gasteiger partial charge in [-0.05, 0) is 109 Å². The van der Waals surface area contributed by atoms with Crippen LogP contribution < -0.4 is 5.32 Å². The number of hydrogen-bond acceptors (Lipinski definition) is 1. The van der Waals surface area contributed by atoms with Crippen molar-refractivity contribution in [1.29, 1.82) is 0 Å². The van der Waals surface area contributed by atoms with Crippen LogP contribution in [0.15, 0.2) is 106 Å². The van der Waals surface area contributed by atoms with Gasteiger partial charge in [0.15, 0.2) is 0 Å². The maximum Gasteiger partial charge on any atom is 0.0113 e. The van der Waals surface area contributed by atoms with Gasteiger partial charge in [-0.2, -0.15) is 0 Å². The minimum Gasteiger partial charge on any atom is -0.391 e. The molecule has 0 aromatic rings. The third-order valence-corrected chi connectivity index (χ3v) is 7.71. The maximum atomic E-state index is 3.44. The first-order valence-electron chi connectivity index (χ1n) is 12.3. The summed E-state index contributed by atoms with van der Waals surface area (Å²) in [5, 5.41) is 3.44. The van der Waals surface area contributed by atoms with Gasteiger partial charge >= 0.3 is 0 Å². The highest BCUT2D eigenvalue weighted by Crippen LogP contribution is 2.49. The highest BCUT2D eigenvalue weighted by Gasteiger charge is 2.36. The maximum absolute atomic E-state index is 3.44. The van der Waals surface area contributed by atoms with Crippen molar-refractivity contribution in [2.24, 2.45) is 11.8 Å². The van der Waals surface area contributed by atoms with Crippen LogP contribution in [0.1, 0.15) is 58.3 Å². The van der Waals surface area contributed by atoms with E-state index in [9.17, 15) is 0 Å². The molecule has 0 aromatic carbocycles. The lowest BCUT2D eigenvalue weighted by Gasteiger charge is -2.42. The van der Waals surface area contributed by atoms with Crippen molar-refractivity contribution in [1.82, 2.24) is 5.32 Å². The van der Waals surface area contributed by atoms with Crippen molar-refractivity contribution < 1.29 is 0 Å². The SMILES string of the molecule is CCN/C=C1\CCC2=C1/C=C1/CC/C1=C/C=C/C=C\C=C1\CC3CCC3C\C1=C\C=C/2. The Balaban J connectivity index is 1.52. The predicted molar refractivity (Wildman–Crippen MR) is 132 cm³/mol. The molecule has 0 saturated heterocycles. The molecule has 1 heteroatoms. The zero-order chi connectivity index (χ0) is 21.0. The molecule has 5 aliphatic rings. The zero-order valence-electron chi connectivity index (χ0n) is 18.9. The first-order valence-corrected chi connectivity index (χ1v) is 12.3. The van der Waals surface area contributed by atoms with E-state index in [0.717, 1.165) is 31.2 Å². The quantitative estimate of drug-likeness (QED) is 0.496. The number of allylic oxidation sites excluding steroid dienone is 17. The molecule has 3 fully saturated rings. The van der Waals surface area contributed by atoms with E-state index in [4.69, 9.17) is 0 Å². The minimum absolute atomic E-state index is 0.925. The van der Waals surface area contributed by atoms with Crippen LogP contribution in [0.25, 0.3) is 0 Å². The van der Waals surface area contributed by atoms with Crippen LogP contribution >= 0.6 is 0 Å². The normalized spacial score (nSPS) is 38.7. The lowest BCUT2D eigenvalue weighted by Crippen LogP contribution is -2.30. The summed E-state index contributed by atoms with van der Waals surface area (Å²) in [4.78, 5) is 0. The van der Waals surface area contributed by atoms with Crippen molar-refractivity contribution in [2.75, 3.05) is 6.54 Å². The van der Waals surface area contributed by atoms with Gasteiger partial charge < -0.3 is 5.32 Å². The standard InChI is InChI=1S/C30H35N/c1-2-31-21-29-17-13-23-10-7-11-25-19-27-16-15-26(27)18-24(25)9-6-4-3-5-8-22-12-14-28(22)20-30(23)29/h3-11,20-21,26-27,31H,2,12-19H2,1H3/b4-3?,5-3+,6-4-,8-5?,9-6?,10-7-,11-7?,22-8-,23-10?,24-9-,25-11-,28-20-,29-21+,30-20?. The fourth-order valence-corrected chi connectivity index (χ4v) is 5.53. The van der Waals surface area contributed by atoms with Crippen LogP contribution in [-0.4, -0.2) is 6.54 Å². The monoisotopic (exact) mass is 409 g/mol. The van der Waals surface area contributed by atoms with Crippen molar-refractivity contribution >= 4 is 0 Å². The van der Waals surface area contributed by atoms with Crippen molar-refractivity contribution in [2.45, 2.75) is 58.3 Å². The van der Waals surface area contributed by atoms with Gasteiger partial charge in [0.1, 0.15) is 0 Å². The Morgan fingerprint density at radius 1 is 0.774 bits per heavy atom. The average molecular weight is 410 g/mol. The molecule has 0 amide bonds. The molecule has 3 saturated carbocycles. The van der Waals surface area contributed by atoms with Gasteiger partial charge in [-0.3, -0.25) is 0 Å². The van der Waals surface area contributed by atoms with E-state index in [-0.39, 0.29) is 0 Å². The molecule has 1 nitrogen and oxygen atoms in total. The third kappa shape index (κ3) is 4.42. The van der Waals surface area contributed by atoms with Crippen molar-refractivity contribution in [3.05, 3.63) is 106 Å². The molecule has 5 rings (SSSR count). The highest BCUT2D eigenvalue weighted by molar-refractivity contribution is 5.57. The summed E-state index contributed by atoms with van der Waals surface area (Å²) in [5.41, 5.74) is 10.5. The van der Waals surface area contributed by atoms with Crippen LogP contribution in [0.5, 0.6) is 0 Å². The molecular weight excluding hydrogens is 374 g/mol. The van der Waals surface area contributed by atoms with E-state index in [1.165, 1.54) is 66.4 Å². The summed E-state index contributed by atoms with van der Waals surface area (Å²) in [5.74, 6) is 1.85. The van der Waals surface area contributed by atoms with Crippen LogP contribution in [0.3, 0.4) is 0 Å². The lowest BCUT2D eigenvalue weighted by atomic mass is 9.62. The summed E-state index contributed by atoms with van der Waals surface area (Å²) < 4.78 is 0. The molecule has 2 atom stereocenters. The lowest BCUT2D eigenvalue weighted by molar-refractivity contribution is 0.160. The Morgan fingerprint density at radius 2 is 1.45 bits per heavy atom. The summed E-state index contributed by atoms with van der Waals surface area (Å²) in [7, 11) is 0. The zero-order valence-corrected chi connectivity index (χ0v) is 18.9. The first kappa shape index (κ1) is 20.4. The third-order valence-electron chi connectivity index (χ3n) is 7.71. The van der Waals surface area contributed by atoms with Gasteiger partial charge in [0.05, 0.1) is 0 Å². The van der Waals surface area contributed by atoms with E-state index >= 15 is 0 Å². The summed E-state index contributed by atoms with van der Waals surface area (Å²) in [6.45, 7) is 3.14. The summed E-state index contributed by atoms with van der Waals surface area (Å²) in [6, 6.07) is 0. The molecule has 2 unspecified atom stereocenters. The van der Waals surface area contributed by atoms with Crippen molar-refractivity contribution in [3.63, 3.8) is 0 Å². The Labute approximate surface area is 188 Å². The molecule has 1 N–H and O–H groups in total. The topological polar surface area (TPSA) is 12.0 Å². The predicted octanol–water partition coefficient (Wildman–Crippen LogP) is 7.57. The number of rotatable bonds is 2. The van der Waals surface area contributed by atoms with Crippen LogP contribution in [0, 0.1) is 11.8 Å². The van der Waals surface area contributed by atoms with Crippen LogP contribution in [0.4, 0.5) is 0 Å². The Morgan fingerprint density at radius 3 is 2.10 bits per heavy atom. The van der Waals surface area contributed by atoms with Gasteiger partial charge in [0.25, 0.3) is 0 Å². The Kier molecular flexibility index (Phi) is 6.11. The molecule has 0 heterocycles. The number of fused-ring (bicyclic) bond motifs is 3. The second kappa shape index (κ2) is 9.30. The van der Waals surface area contributed by atoms with E-state index in [1.54, 1.807) is 11.1 Å². The fourth-order valence-electron chi connectivity index (χ4n) is 5.53. The van der Waals surface area contributed by atoms with E-state index in [2.05, 4.69) is 79.2 Å². The molecule has 0 aliphatic heterocycles. The highest BCUT2D eigenvalue weighted by atomic mass is 14.8. The Hall–Kier alpha value is -2.54. The molecule has 5 aliphatic carbocycles. The second-order valence-corrected chi connectivity index (χ2v) is 9.55. The number of hydrogen-bond donors (Lipinski definition) is 1. The second-order valence-electron chi connectivity index (χ2n) is 9.55. The smallest absolute Gasteiger partial charge is 0.0113 e. The summed E-state index contributed by atoms with van der Waals surface area (Å²) in [6.07, 6.45) is 35.4.